The number of halogens is 1. The number of anilines is 2. The Kier molecular flexibility index (Phi) is 3.96. The summed E-state index contributed by atoms with van der Waals surface area (Å²) in [5, 5.41) is 4.26. The van der Waals surface area contributed by atoms with E-state index in [2.05, 4.69) is 46.3 Å². The normalized spacial score (nSPS) is 17.7. The zero-order valence-electron chi connectivity index (χ0n) is 14.9. The number of nitrogens with zero attached hydrogens (tertiary/aromatic N) is 3. The first-order valence-corrected chi connectivity index (χ1v) is 10.4. The molecule has 0 aliphatic carbocycles. The van der Waals surface area contributed by atoms with Crippen molar-refractivity contribution in [2.45, 2.75) is 13.0 Å². The van der Waals surface area contributed by atoms with Gasteiger partial charge in [0.05, 0.1) is 27.1 Å². The molecular weight excluding hydrogens is 379 g/mol. The molecule has 4 aromatic rings. The molecule has 0 radical (unpaired) electrons. The van der Waals surface area contributed by atoms with Gasteiger partial charge in [-0.15, -0.1) is 22.7 Å². The first-order valence-electron chi connectivity index (χ1n) is 8.69. The maximum atomic E-state index is 14.5. The summed E-state index contributed by atoms with van der Waals surface area (Å²) in [6.45, 7) is 3.18. The highest BCUT2D eigenvalue weighted by Gasteiger charge is 2.23. The molecule has 1 aliphatic heterocycles. The van der Waals surface area contributed by atoms with Crippen molar-refractivity contribution in [3.05, 3.63) is 52.7 Å². The minimum absolute atomic E-state index is 0.277. The number of hydrogen-bond donors (Lipinski definition) is 1. The predicted octanol–water partition coefficient (Wildman–Crippen LogP) is 5.51. The van der Waals surface area contributed by atoms with Crippen molar-refractivity contribution in [1.82, 2.24) is 14.9 Å². The van der Waals surface area contributed by atoms with Gasteiger partial charge in [0.2, 0.25) is 0 Å². The van der Waals surface area contributed by atoms with Gasteiger partial charge < -0.3 is 5.32 Å². The third-order valence-electron chi connectivity index (χ3n) is 5.12. The van der Waals surface area contributed by atoms with E-state index >= 15 is 0 Å². The van der Waals surface area contributed by atoms with Crippen LogP contribution >= 0.6 is 22.7 Å². The highest BCUT2D eigenvalue weighted by molar-refractivity contribution is 7.19. The number of likely N-dealkylation sites (N-methyl/N-ethyl adjacent to an activating group) is 1. The summed E-state index contributed by atoms with van der Waals surface area (Å²) in [7, 11) is 2.13. The molecular formula is C20H17FN4S2. The van der Waals surface area contributed by atoms with E-state index in [0.717, 1.165) is 32.7 Å². The molecule has 7 heteroatoms. The monoisotopic (exact) mass is 396 g/mol. The van der Waals surface area contributed by atoms with Crippen LogP contribution in [0.3, 0.4) is 0 Å². The van der Waals surface area contributed by atoms with E-state index in [1.807, 2.05) is 6.07 Å². The predicted molar refractivity (Wildman–Crippen MR) is 113 cm³/mol. The average Bonchev–Trinajstić information content (AvgIpc) is 3.35. The standard InChI is InChI=1S/C20H17FN4S2/c1-11-12(4-6-25(11)2)18-7-13-15(3-5-22-20(13)27-18)24-16-9-17-19(8-14(16)21)26-10-23-17/h3-5,7-11H,6H2,1-2H3,(H,22,24). The Morgan fingerprint density at radius 3 is 2.93 bits per heavy atom. The minimum atomic E-state index is -0.277. The second-order valence-corrected chi connectivity index (χ2v) is 8.66. The van der Waals surface area contributed by atoms with Gasteiger partial charge in [-0.3, -0.25) is 4.90 Å². The van der Waals surface area contributed by atoms with Crippen molar-refractivity contribution < 1.29 is 4.39 Å². The number of rotatable bonds is 3. The van der Waals surface area contributed by atoms with E-state index in [-0.39, 0.29) is 5.82 Å². The molecule has 4 nitrogen and oxygen atoms in total. The van der Waals surface area contributed by atoms with Gasteiger partial charge in [-0.05, 0) is 43.8 Å². The van der Waals surface area contributed by atoms with Crippen molar-refractivity contribution in [1.29, 1.82) is 0 Å². The number of aromatic nitrogens is 2. The van der Waals surface area contributed by atoms with Gasteiger partial charge >= 0.3 is 0 Å². The third kappa shape index (κ3) is 2.82. The smallest absolute Gasteiger partial charge is 0.148 e. The Hall–Kier alpha value is -2.35. The van der Waals surface area contributed by atoms with Crippen LogP contribution in [0.15, 0.2) is 42.0 Å². The highest BCUT2D eigenvalue weighted by Crippen LogP contribution is 2.38. The summed E-state index contributed by atoms with van der Waals surface area (Å²) in [6, 6.07) is 7.74. The van der Waals surface area contributed by atoms with Crippen LogP contribution < -0.4 is 5.32 Å². The van der Waals surface area contributed by atoms with Crippen LogP contribution in [-0.4, -0.2) is 34.5 Å². The molecule has 1 aliphatic rings. The van der Waals surface area contributed by atoms with E-state index in [0.29, 0.717) is 11.7 Å². The number of thiophene rings is 1. The molecule has 3 aromatic heterocycles. The fourth-order valence-electron chi connectivity index (χ4n) is 3.43. The quantitative estimate of drug-likeness (QED) is 0.496. The van der Waals surface area contributed by atoms with Crippen molar-refractivity contribution in [2.75, 3.05) is 18.9 Å². The van der Waals surface area contributed by atoms with Crippen LogP contribution in [0.2, 0.25) is 0 Å². The number of nitrogens with one attached hydrogen (secondary N) is 1. The molecule has 0 amide bonds. The number of thiazole rings is 1. The highest BCUT2D eigenvalue weighted by atomic mass is 32.1. The van der Waals surface area contributed by atoms with Gasteiger partial charge in [-0.2, -0.15) is 0 Å². The Labute approximate surface area is 164 Å². The molecule has 0 saturated carbocycles. The van der Waals surface area contributed by atoms with E-state index in [1.54, 1.807) is 29.1 Å². The molecule has 1 aromatic carbocycles. The topological polar surface area (TPSA) is 41.1 Å². The molecule has 0 bridgehead atoms. The molecule has 136 valence electrons. The van der Waals surface area contributed by atoms with E-state index in [9.17, 15) is 4.39 Å². The third-order valence-corrected chi connectivity index (χ3v) is 7.00. The summed E-state index contributed by atoms with van der Waals surface area (Å²) in [4.78, 5) is 13.3. The van der Waals surface area contributed by atoms with Crippen LogP contribution in [0.25, 0.3) is 26.0 Å². The summed E-state index contributed by atoms with van der Waals surface area (Å²) in [5.41, 5.74) is 5.16. The maximum absolute atomic E-state index is 14.5. The average molecular weight is 397 g/mol. The lowest BCUT2D eigenvalue weighted by molar-refractivity contribution is 0.358. The first-order chi connectivity index (χ1) is 13.1. The molecule has 1 atom stereocenters. The summed E-state index contributed by atoms with van der Waals surface area (Å²) in [5.74, 6) is -0.277. The summed E-state index contributed by atoms with van der Waals surface area (Å²) < 4.78 is 15.4. The van der Waals surface area contributed by atoms with Gasteiger partial charge in [0.15, 0.2) is 0 Å². The van der Waals surface area contributed by atoms with Crippen LogP contribution in [0.5, 0.6) is 0 Å². The van der Waals surface area contributed by atoms with Crippen LogP contribution in [0.4, 0.5) is 15.8 Å². The minimum Gasteiger partial charge on any atom is -0.352 e. The Balaban J connectivity index is 1.56. The molecule has 27 heavy (non-hydrogen) atoms. The second-order valence-electron chi connectivity index (χ2n) is 6.74. The Morgan fingerprint density at radius 2 is 2.11 bits per heavy atom. The molecule has 0 saturated heterocycles. The Bertz CT molecular complexity index is 1190. The lowest BCUT2D eigenvalue weighted by atomic mass is 10.1. The van der Waals surface area contributed by atoms with Gasteiger partial charge in [-0.25, -0.2) is 14.4 Å². The lowest BCUT2D eigenvalue weighted by Crippen LogP contribution is -2.23. The van der Waals surface area contributed by atoms with Crippen LogP contribution in [0.1, 0.15) is 11.8 Å². The van der Waals surface area contributed by atoms with Gasteiger partial charge in [0.25, 0.3) is 0 Å². The molecule has 0 fully saturated rings. The van der Waals surface area contributed by atoms with Crippen LogP contribution in [0, 0.1) is 5.82 Å². The zero-order valence-corrected chi connectivity index (χ0v) is 16.5. The van der Waals surface area contributed by atoms with E-state index in [1.165, 1.54) is 27.9 Å². The lowest BCUT2D eigenvalue weighted by Gasteiger charge is -2.17. The van der Waals surface area contributed by atoms with Crippen LogP contribution in [-0.2, 0) is 0 Å². The maximum Gasteiger partial charge on any atom is 0.148 e. The number of benzene rings is 1. The van der Waals surface area contributed by atoms with Crippen molar-refractivity contribution in [2.24, 2.45) is 0 Å². The van der Waals surface area contributed by atoms with E-state index < -0.39 is 0 Å². The molecule has 0 spiro atoms. The number of hydrogen-bond acceptors (Lipinski definition) is 6. The van der Waals surface area contributed by atoms with E-state index in [4.69, 9.17) is 0 Å². The van der Waals surface area contributed by atoms with Gasteiger partial charge in [0.1, 0.15) is 10.6 Å². The molecule has 1 unspecified atom stereocenters. The SMILES string of the molecule is CC1C(c2cc3c(Nc4cc5ncsc5cc4F)ccnc3s2)=CCN1C. The largest absolute Gasteiger partial charge is 0.352 e. The first kappa shape index (κ1) is 16.8. The van der Waals surface area contributed by atoms with Gasteiger partial charge in [0, 0.05) is 29.0 Å². The Morgan fingerprint density at radius 1 is 1.22 bits per heavy atom. The second kappa shape index (κ2) is 6.37. The zero-order chi connectivity index (χ0) is 18.5. The van der Waals surface area contributed by atoms with Gasteiger partial charge in [-0.1, -0.05) is 6.08 Å². The summed E-state index contributed by atoms with van der Waals surface area (Å²) >= 11 is 3.12. The fourth-order valence-corrected chi connectivity index (χ4v) is 5.26. The number of pyridine rings is 1. The fraction of sp³-hybridized carbons (Fsp3) is 0.200. The number of fused-ring (bicyclic) bond motifs is 2. The van der Waals surface area contributed by atoms with Crippen molar-refractivity contribution in [3.63, 3.8) is 0 Å². The van der Waals surface area contributed by atoms with Crippen molar-refractivity contribution >= 4 is 60.1 Å². The summed E-state index contributed by atoms with van der Waals surface area (Å²) in [6.07, 6.45) is 4.04. The van der Waals surface area contributed by atoms with Crippen molar-refractivity contribution in [3.8, 4) is 0 Å². The molecule has 4 heterocycles. The molecule has 5 rings (SSSR count). The molecule has 1 N–H and O–H groups in total.